The van der Waals surface area contributed by atoms with Crippen molar-refractivity contribution in [2.75, 3.05) is 41.7 Å². The Morgan fingerprint density at radius 2 is 1.14 bits per heavy atom. The van der Waals surface area contributed by atoms with Gasteiger partial charge in [-0.25, -0.2) is 4.79 Å². The molecule has 0 spiro atoms. The van der Waals surface area contributed by atoms with E-state index in [-0.39, 0.29) is 5.97 Å². The van der Waals surface area contributed by atoms with Gasteiger partial charge in [-0.1, -0.05) is 38.1 Å². The van der Waals surface area contributed by atoms with E-state index in [0.717, 1.165) is 78.2 Å². The number of rotatable bonds is 10. The topological polar surface area (TPSA) is 58.8 Å². The lowest BCUT2D eigenvalue weighted by Crippen LogP contribution is -2.31. The van der Waals surface area contributed by atoms with E-state index in [1.165, 1.54) is 0 Å². The van der Waals surface area contributed by atoms with Crippen LogP contribution in [0.3, 0.4) is 0 Å². The zero-order valence-corrected chi connectivity index (χ0v) is 23.2. The lowest BCUT2D eigenvalue weighted by molar-refractivity contribution is 0.0250. The van der Waals surface area contributed by atoms with Crippen LogP contribution in [0.15, 0.2) is 54.6 Å². The number of ether oxygens (including phenoxy) is 1. The molecular formula is C32H41N3O2. The summed E-state index contributed by atoms with van der Waals surface area (Å²) in [7, 11) is 0. The summed E-state index contributed by atoms with van der Waals surface area (Å²) in [4.78, 5) is 18.1. The van der Waals surface area contributed by atoms with E-state index in [0.29, 0.717) is 11.3 Å². The van der Waals surface area contributed by atoms with E-state index in [1.54, 1.807) is 0 Å². The number of benzene rings is 3. The van der Waals surface area contributed by atoms with Gasteiger partial charge in [0.2, 0.25) is 0 Å². The molecular weight excluding hydrogens is 458 g/mol. The molecule has 2 N–H and O–H groups in total. The summed E-state index contributed by atoms with van der Waals surface area (Å²) < 4.78 is 6.47. The van der Waals surface area contributed by atoms with Crippen molar-refractivity contribution in [3.8, 4) is 0 Å². The molecule has 0 aromatic heterocycles. The second-order valence-electron chi connectivity index (χ2n) is 9.56. The first-order valence-electron chi connectivity index (χ1n) is 13.8. The van der Waals surface area contributed by atoms with Crippen LogP contribution in [0.1, 0.15) is 79.7 Å². The van der Waals surface area contributed by atoms with Crippen LogP contribution >= 0.6 is 0 Å². The van der Waals surface area contributed by atoms with E-state index in [1.807, 2.05) is 6.07 Å². The van der Waals surface area contributed by atoms with Crippen molar-refractivity contribution in [2.24, 2.45) is 0 Å². The van der Waals surface area contributed by atoms with Gasteiger partial charge in [-0.3, -0.25) is 0 Å². The Balaban J connectivity index is 2.00. The average Bonchev–Trinajstić information content (AvgIpc) is 3.22. The van der Waals surface area contributed by atoms with Gasteiger partial charge in [-0.2, -0.15) is 0 Å². The van der Waals surface area contributed by atoms with Crippen molar-refractivity contribution >= 4 is 23.0 Å². The third-order valence-corrected chi connectivity index (χ3v) is 7.91. The Labute approximate surface area is 222 Å². The fourth-order valence-electron chi connectivity index (χ4n) is 5.98. The normalized spacial score (nSPS) is 13.8. The van der Waals surface area contributed by atoms with Crippen molar-refractivity contribution in [3.05, 3.63) is 88.0 Å². The number of nitrogens with zero attached hydrogens (tertiary/aromatic N) is 2. The van der Waals surface area contributed by atoms with E-state index in [4.69, 9.17) is 10.5 Å². The number of carbonyl (C=O) groups is 1. The van der Waals surface area contributed by atoms with Gasteiger partial charge in [-0.15, -0.1) is 0 Å². The van der Waals surface area contributed by atoms with E-state index < -0.39 is 5.60 Å². The molecule has 1 aliphatic heterocycles. The fourth-order valence-corrected chi connectivity index (χ4v) is 5.98. The second kappa shape index (κ2) is 10.9. The van der Waals surface area contributed by atoms with Gasteiger partial charge in [0.1, 0.15) is 0 Å². The van der Waals surface area contributed by atoms with Crippen LogP contribution in [-0.4, -0.2) is 32.1 Å². The van der Waals surface area contributed by atoms with Crippen molar-refractivity contribution in [1.29, 1.82) is 0 Å². The van der Waals surface area contributed by atoms with Crippen molar-refractivity contribution in [3.63, 3.8) is 0 Å². The Hall–Kier alpha value is -3.47. The van der Waals surface area contributed by atoms with Gasteiger partial charge in [0, 0.05) is 59.9 Å². The smallest absolute Gasteiger partial charge is 0.340 e. The molecule has 0 bridgehead atoms. The third-order valence-electron chi connectivity index (χ3n) is 7.91. The van der Waals surface area contributed by atoms with Crippen LogP contribution in [0.4, 0.5) is 17.1 Å². The van der Waals surface area contributed by atoms with Gasteiger partial charge in [0.05, 0.1) is 5.56 Å². The number of nitrogen functional groups attached to an aromatic ring is 1. The summed E-state index contributed by atoms with van der Waals surface area (Å²) in [5, 5.41) is 0. The Morgan fingerprint density at radius 3 is 1.51 bits per heavy atom. The number of nitrogens with two attached hydrogens (primary N) is 1. The highest BCUT2D eigenvalue weighted by Gasteiger charge is 2.50. The molecule has 5 nitrogen and oxygen atoms in total. The number of esters is 1. The van der Waals surface area contributed by atoms with Crippen LogP contribution in [0.5, 0.6) is 0 Å². The van der Waals surface area contributed by atoms with Crippen LogP contribution in [0, 0.1) is 0 Å². The number of fused-ring (bicyclic) bond motifs is 1. The lowest BCUT2D eigenvalue weighted by atomic mass is 9.75. The number of hydrogen-bond acceptors (Lipinski definition) is 5. The summed E-state index contributed by atoms with van der Waals surface area (Å²) in [6.45, 7) is 16.6. The van der Waals surface area contributed by atoms with Gasteiger partial charge in [0.15, 0.2) is 5.60 Å². The molecule has 0 saturated heterocycles. The number of carbonyl (C=O) groups excluding carboxylic acids is 1. The second-order valence-corrected chi connectivity index (χ2v) is 9.56. The standard InChI is InChI=1S/C32H41N3O2/c1-7-26-27(8-2)30-28(21-29(26)33)31(36)37-32(30,22-13-17-24(18-14-22)34(9-3)10-4)23-15-19-25(20-16-23)35(11-5)12-6/h13-21H,7-12,33H2,1-6H3. The predicted octanol–water partition coefficient (Wildman–Crippen LogP) is 6.55. The van der Waals surface area contributed by atoms with Gasteiger partial charge in [-0.05, 0) is 82.0 Å². The van der Waals surface area contributed by atoms with Gasteiger partial charge >= 0.3 is 5.97 Å². The quantitative estimate of drug-likeness (QED) is 0.253. The van der Waals surface area contributed by atoms with Gasteiger partial charge < -0.3 is 20.3 Å². The molecule has 5 heteroatoms. The van der Waals surface area contributed by atoms with Gasteiger partial charge in [0.25, 0.3) is 0 Å². The first-order valence-corrected chi connectivity index (χ1v) is 13.8. The molecule has 37 heavy (non-hydrogen) atoms. The number of hydrogen-bond donors (Lipinski definition) is 1. The minimum atomic E-state index is -1.03. The molecule has 0 aliphatic carbocycles. The van der Waals surface area contributed by atoms with Crippen molar-refractivity contribution in [2.45, 2.75) is 60.0 Å². The molecule has 0 saturated carbocycles. The molecule has 0 unspecified atom stereocenters. The highest BCUT2D eigenvalue weighted by Crippen LogP contribution is 2.50. The Morgan fingerprint density at radius 1 is 0.703 bits per heavy atom. The summed E-state index contributed by atoms with van der Waals surface area (Å²) in [5.74, 6) is -0.320. The zero-order valence-electron chi connectivity index (χ0n) is 23.2. The molecule has 1 heterocycles. The van der Waals surface area contributed by atoms with E-state index in [2.05, 4.69) is 99.9 Å². The zero-order chi connectivity index (χ0) is 26.7. The highest BCUT2D eigenvalue weighted by atomic mass is 16.6. The van der Waals surface area contributed by atoms with E-state index >= 15 is 0 Å². The van der Waals surface area contributed by atoms with Crippen LogP contribution in [0.25, 0.3) is 0 Å². The summed E-state index contributed by atoms with van der Waals surface area (Å²) >= 11 is 0. The molecule has 3 aromatic carbocycles. The molecule has 0 atom stereocenters. The van der Waals surface area contributed by atoms with Crippen molar-refractivity contribution < 1.29 is 9.53 Å². The molecule has 0 radical (unpaired) electrons. The first-order chi connectivity index (χ1) is 17.9. The van der Waals surface area contributed by atoms with Crippen molar-refractivity contribution in [1.82, 2.24) is 0 Å². The molecule has 3 aromatic rings. The Bertz CT molecular complexity index is 1190. The first kappa shape index (κ1) is 26.6. The third kappa shape index (κ3) is 4.35. The summed E-state index contributed by atoms with van der Waals surface area (Å²) in [5.41, 5.74) is 14.1. The number of cyclic esters (lactones) is 1. The molecule has 0 fully saturated rings. The minimum Gasteiger partial charge on any atom is -0.441 e. The lowest BCUT2D eigenvalue weighted by Gasteiger charge is -2.33. The SMILES string of the molecule is CCc1c(N)cc2c(c1CC)C(c1ccc(N(CC)CC)cc1)(c1ccc(N(CC)CC)cc1)OC2=O. The number of anilines is 3. The monoisotopic (exact) mass is 499 g/mol. The molecule has 1 aliphatic rings. The predicted molar refractivity (Wildman–Crippen MR) is 155 cm³/mol. The summed E-state index contributed by atoms with van der Waals surface area (Å²) in [6.07, 6.45) is 1.57. The fraction of sp³-hybridized carbons (Fsp3) is 0.406. The van der Waals surface area contributed by atoms with Crippen LogP contribution < -0.4 is 15.5 Å². The minimum absolute atomic E-state index is 0.320. The van der Waals surface area contributed by atoms with Crippen LogP contribution in [0.2, 0.25) is 0 Å². The maximum atomic E-state index is 13.5. The van der Waals surface area contributed by atoms with E-state index in [9.17, 15) is 4.79 Å². The highest BCUT2D eigenvalue weighted by molar-refractivity contribution is 5.98. The Kier molecular flexibility index (Phi) is 7.82. The molecule has 196 valence electrons. The molecule has 4 rings (SSSR count). The maximum Gasteiger partial charge on any atom is 0.340 e. The largest absolute Gasteiger partial charge is 0.441 e. The average molecular weight is 500 g/mol. The maximum absolute atomic E-state index is 13.5. The summed E-state index contributed by atoms with van der Waals surface area (Å²) in [6, 6.07) is 18.9. The molecule has 0 amide bonds. The van der Waals surface area contributed by atoms with Crippen LogP contribution in [-0.2, 0) is 23.2 Å².